The second-order valence-corrected chi connectivity index (χ2v) is 4.59. The molecule has 0 fully saturated rings. The first kappa shape index (κ1) is 13.0. The minimum atomic E-state index is -0.441. The van der Waals surface area contributed by atoms with Crippen LogP contribution in [0.4, 0.5) is 0 Å². The number of hydrogen-bond acceptors (Lipinski definition) is 3. The zero-order valence-corrected chi connectivity index (χ0v) is 11.0. The van der Waals surface area contributed by atoms with E-state index in [1.807, 2.05) is 0 Å². The molecule has 0 bridgehead atoms. The third kappa shape index (κ3) is 3.05. The molecule has 0 unspecified atom stereocenters. The average molecular weight is 267 g/mol. The van der Waals surface area contributed by atoms with Crippen LogP contribution in [0.2, 0.25) is 5.02 Å². The SMILES string of the molecule is COC(=O)c1cc(Cl)ccc1OC1=CCCCC1. The summed E-state index contributed by atoms with van der Waals surface area (Å²) in [4.78, 5) is 11.6. The molecule has 0 amide bonds. The number of rotatable bonds is 3. The largest absolute Gasteiger partial charge is 0.465 e. The maximum Gasteiger partial charge on any atom is 0.341 e. The van der Waals surface area contributed by atoms with Crippen LogP contribution < -0.4 is 4.74 Å². The van der Waals surface area contributed by atoms with Crippen molar-refractivity contribution in [2.24, 2.45) is 0 Å². The fourth-order valence-corrected chi connectivity index (χ4v) is 2.08. The Labute approximate surface area is 111 Å². The van der Waals surface area contributed by atoms with E-state index in [1.165, 1.54) is 13.5 Å². The third-order valence-corrected chi connectivity index (χ3v) is 3.07. The molecule has 0 saturated carbocycles. The standard InChI is InChI=1S/C14H15ClO3/c1-17-14(16)12-9-10(15)7-8-13(12)18-11-5-3-2-4-6-11/h5,7-9H,2-4,6H2,1H3. The molecule has 0 heterocycles. The van der Waals surface area contributed by atoms with Crippen molar-refractivity contribution in [1.29, 1.82) is 0 Å². The Hall–Kier alpha value is -1.48. The molecule has 18 heavy (non-hydrogen) atoms. The molecule has 3 nitrogen and oxygen atoms in total. The molecule has 2 rings (SSSR count). The Morgan fingerprint density at radius 3 is 2.83 bits per heavy atom. The third-order valence-electron chi connectivity index (χ3n) is 2.84. The van der Waals surface area contributed by atoms with Gasteiger partial charge in [-0.15, -0.1) is 0 Å². The molecule has 0 saturated heterocycles. The van der Waals surface area contributed by atoms with Crippen molar-refractivity contribution in [2.45, 2.75) is 25.7 Å². The van der Waals surface area contributed by atoms with Crippen molar-refractivity contribution in [3.05, 3.63) is 40.6 Å². The van der Waals surface area contributed by atoms with Gasteiger partial charge in [-0.25, -0.2) is 4.79 Å². The number of hydrogen-bond donors (Lipinski definition) is 0. The molecule has 1 aliphatic rings. The van der Waals surface area contributed by atoms with Gasteiger partial charge in [0.15, 0.2) is 0 Å². The van der Waals surface area contributed by atoms with E-state index in [0.717, 1.165) is 25.0 Å². The topological polar surface area (TPSA) is 35.5 Å². The number of carbonyl (C=O) groups excluding carboxylic acids is 1. The van der Waals surface area contributed by atoms with Crippen molar-refractivity contribution in [3.8, 4) is 5.75 Å². The molecule has 96 valence electrons. The predicted molar refractivity (Wildman–Crippen MR) is 70.0 cm³/mol. The van der Waals surface area contributed by atoms with Crippen molar-refractivity contribution < 1.29 is 14.3 Å². The van der Waals surface area contributed by atoms with Crippen molar-refractivity contribution in [2.75, 3.05) is 7.11 Å². The Kier molecular flexibility index (Phi) is 4.26. The fraction of sp³-hybridized carbons (Fsp3) is 0.357. The van der Waals surface area contributed by atoms with Gasteiger partial charge in [-0.3, -0.25) is 0 Å². The first-order valence-corrected chi connectivity index (χ1v) is 6.33. The van der Waals surface area contributed by atoms with Crippen LogP contribution in [0.1, 0.15) is 36.0 Å². The lowest BCUT2D eigenvalue weighted by Gasteiger charge is -2.16. The van der Waals surface area contributed by atoms with Crippen LogP contribution >= 0.6 is 11.6 Å². The Bertz CT molecular complexity index is 480. The van der Waals surface area contributed by atoms with E-state index in [0.29, 0.717) is 16.3 Å². The van der Waals surface area contributed by atoms with Crippen LogP contribution in [0.3, 0.4) is 0 Å². The summed E-state index contributed by atoms with van der Waals surface area (Å²) in [5.41, 5.74) is 0.358. The van der Waals surface area contributed by atoms with Crippen LogP contribution in [0, 0.1) is 0 Å². The zero-order valence-electron chi connectivity index (χ0n) is 10.2. The smallest absolute Gasteiger partial charge is 0.341 e. The number of allylic oxidation sites excluding steroid dienone is 2. The summed E-state index contributed by atoms with van der Waals surface area (Å²) in [5, 5.41) is 0.486. The van der Waals surface area contributed by atoms with Crippen LogP contribution in [0.5, 0.6) is 5.75 Å². The molecule has 1 aromatic rings. The Morgan fingerprint density at radius 2 is 2.17 bits per heavy atom. The normalized spacial score (nSPS) is 14.9. The summed E-state index contributed by atoms with van der Waals surface area (Å²) in [7, 11) is 1.34. The van der Waals surface area contributed by atoms with Gasteiger partial charge in [0.25, 0.3) is 0 Å². The molecule has 0 aliphatic heterocycles. The molecule has 4 heteroatoms. The lowest BCUT2D eigenvalue weighted by molar-refractivity contribution is 0.0597. The summed E-state index contributed by atoms with van der Waals surface area (Å²) in [6, 6.07) is 4.96. The lowest BCUT2D eigenvalue weighted by atomic mass is 10.1. The zero-order chi connectivity index (χ0) is 13.0. The van der Waals surface area contributed by atoms with Crippen LogP contribution in [0.15, 0.2) is 30.0 Å². The van der Waals surface area contributed by atoms with Gasteiger partial charge in [0, 0.05) is 11.4 Å². The van der Waals surface area contributed by atoms with Crippen LogP contribution in [-0.4, -0.2) is 13.1 Å². The second-order valence-electron chi connectivity index (χ2n) is 4.15. The number of benzene rings is 1. The fourth-order valence-electron chi connectivity index (χ4n) is 1.90. The van der Waals surface area contributed by atoms with E-state index in [9.17, 15) is 4.79 Å². The van der Waals surface area contributed by atoms with Gasteiger partial charge < -0.3 is 9.47 Å². The number of ether oxygens (including phenoxy) is 2. The maximum atomic E-state index is 11.6. The summed E-state index contributed by atoms with van der Waals surface area (Å²) in [5.74, 6) is 0.969. The van der Waals surface area contributed by atoms with Gasteiger partial charge in [-0.1, -0.05) is 11.6 Å². The monoisotopic (exact) mass is 266 g/mol. The van der Waals surface area contributed by atoms with Gasteiger partial charge in [0.2, 0.25) is 0 Å². The first-order valence-electron chi connectivity index (χ1n) is 5.95. The second kappa shape index (κ2) is 5.91. The van der Waals surface area contributed by atoms with Gasteiger partial charge in [0.1, 0.15) is 17.1 Å². The number of esters is 1. The molecular formula is C14H15ClO3. The van der Waals surface area contributed by atoms with E-state index in [4.69, 9.17) is 21.1 Å². The molecular weight excluding hydrogens is 252 g/mol. The summed E-state index contributed by atoms with van der Waals surface area (Å²) >= 11 is 5.88. The van der Waals surface area contributed by atoms with Gasteiger partial charge in [0.05, 0.1) is 7.11 Å². The summed E-state index contributed by atoms with van der Waals surface area (Å²) in [6.45, 7) is 0. The van der Waals surface area contributed by atoms with Crippen LogP contribution in [-0.2, 0) is 4.74 Å². The quantitative estimate of drug-likeness (QED) is 0.777. The Balaban J connectivity index is 2.26. The van der Waals surface area contributed by atoms with Gasteiger partial charge in [-0.05, 0) is 43.5 Å². The molecule has 1 aromatic carbocycles. The first-order chi connectivity index (χ1) is 8.70. The highest BCUT2D eigenvalue weighted by molar-refractivity contribution is 6.31. The van der Waals surface area contributed by atoms with E-state index in [-0.39, 0.29) is 0 Å². The van der Waals surface area contributed by atoms with Gasteiger partial charge in [-0.2, -0.15) is 0 Å². The van der Waals surface area contributed by atoms with E-state index in [1.54, 1.807) is 18.2 Å². The van der Waals surface area contributed by atoms with Crippen molar-refractivity contribution >= 4 is 17.6 Å². The lowest BCUT2D eigenvalue weighted by Crippen LogP contribution is -2.07. The summed E-state index contributed by atoms with van der Waals surface area (Å²) in [6.07, 6.45) is 6.31. The molecule has 0 aromatic heterocycles. The molecule has 0 N–H and O–H groups in total. The number of methoxy groups -OCH3 is 1. The minimum Gasteiger partial charge on any atom is -0.465 e. The highest BCUT2D eigenvalue weighted by atomic mass is 35.5. The maximum absolute atomic E-state index is 11.6. The molecule has 0 spiro atoms. The highest BCUT2D eigenvalue weighted by Crippen LogP contribution is 2.28. The predicted octanol–water partition coefficient (Wildman–Crippen LogP) is 3.96. The van der Waals surface area contributed by atoms with Crippen molar-refractivity contribution in [1.82, 2.24) is 0 Å². The molecule has 0 radical (unpaired) electrons. The highest BCUT2D eigenvalue weighted by Gasteiger charge is 2.16. The number of halogens is 1. The van der Waals surface area contributed by atoms with Crippen LogP contribution in [0.25, 0.3) is 0 Å². The average Bonchev–Trinajstić information content (AvgIpc) is 2.41. The van der Waals surface area contributed by atoms with Gasteiger partial charge >= 0.3 is 5.97 Å². The van der Waals surface area contributed by atoms with E-state index < -0.39 is 5.97 Å². The number of carbonyl (C=O) groups is 1. The van der Waals surface area contributed by atoms with E-state index in [2.05, 4.69) is 6.08 Å². The Morgan fingerprint density at radius 1 is 1.33 bits per heavy atom. The van der Waals surface area contributed by atoms with E-state index >= 15 is 0 Å². The molecule has 1 aliphatic carbocycles. The van der Waals surface area contributed by atoms with Crippen molar-refractivity contribution in [3.63, 3.8) is 0 Å². The summed E-state index contributed by atoms with van der Waals surface area (Å²) < 4.78 is 10.5. The minimum absolute atomic E-state index is 0.358. The molecule has 0 atom stereocenters.